The number of aliphatic hydroxyl groups excluding tert-OH is 1. The Kier molecular flexibility index (Phi) is 3.29. The fourth-order valence-electron chi connectivity index (χ4n) is 3.02. The molecule has 0 fully saturated rings. The van der Waals surface area contributed by atoms with Gasteiger partial charge in [-0.3, -0.25) is 0 Å². The number of hydrogen-bond acceptors (Lipinski definition) is 2. The largest absolute Gasteiger partial charge is 0.492 e. The van der Waals surface area contributed by atoms with E-state index in [4.69, 9.17) is 4.74 Å². The van der Waals surface area contributed by atoms with Crippen molar-refractivity contribution < 1.29 is 9.84 Å². The van der Waals surface area contributed by atoms with E-state index < -0.39 is 6.10 Å². The van der Waals surface area contributed by atoms with Crippen molar-refractivity contribution in [2.45, 2.75) is 39.2 Å². The first kappa shape index (κ1) is 14.2. The highest BCUT2D eigenvalue weighted by Crippen LogP contribution is 2.40. The Morgan fingerprint density at radius 2 is 1.86 bits per heavy atom. The van der Waals surface area contributed by atoms with Crippen molar-refractivity contribution in [2.24, 2.45) is 0 Å². The molecule has 0 aromatic heterocycles. The van der Waals surface area contributed by atoms with Crippen LogP contribution in [0.5, 0.6) is 5.75 Å². The van der Waals surface area contributed by atoms with Crippen molar-refractivity contribution in [3.05, 3.63) is 64.2 Å². The summed E-state index contributed by atoms with van der Waals surface area (Å²) in [5.74, 6) is 0.941. The van der Waals surface area contributed by atoms with Gasteiger partial charge in [0.05, 0.1) is 6.61 Å². The van der Waals surface area contributed by atoms with Crippen LogP contribution in [0.25, 0.3) is 0 Å². The summed E-state index contributed by atoms with van der Waals surface area (Å²) in [6, 6.07) is 12.2. The molecule has 21 heavy (non-hydrogen) atoms. The fraction of sp³-hybridized carbons (Fsp3) is 0.368. The normalized spacial score (nSPS) is 17.2. The molecule has 1 unspecified atom stereocenters. The lowest BCUT2D eigenvalue weighted by atomic mass is 9.85. The summed E-state index contributed by atoms with van der Waals surface area (Å²) in [4.78, 5) is 0. The van der Waals surface area contributed by atoms with Crippen LogP contribution in [0.3, 0.4) is 0 Å². The van der Waals surface area contributed by atoms with Gasteiger partial charge in [0.1, 0.15) is 11.9 Å². The fourth-order valence-corrected chi connectivity index (χ4v) is 3.02. The van der Waals surface area contributed by atoms with Gasteiger partial charge in [-0.15, -0.1) is 0 Å². The molecule has 0 saturated heterocycles. The van der Waals surface area contributed by atoms with E-state index in [1.807, 2.05) is 31.2 Å². The first-order valence-electron chi connectivity index (χ1n) is 7.41. The zero-order valence-electron chi connectivity index (χ0n) is 13.1. The monoisotopic (exact) mass is 282 g/mol. The first-order chi connectivity index (χ1) is 9.88. The molecule has 2 aromatic rings. The molecule has 1 heterocycles. The molecular weight excluding hydrogens is 260 g/mol. The number of aliphatic hydroxyl groups is 1. The van der Waals surface area contributed by atoms with Crippen LogP contribution in [-0.2, 0) is 5.41 Å². The maximum atomic E-state index is 10.7. The molecule has 2 heteroatoms. The lowest BCUT2D eigenvalue weighted by Gasteiger charge is -2.19. The van der Waals surface area contributed by atoms with Crippen LogP contribution in [0.15, 0.2) is 36.4 Å². The summed E-state index contributed by atoms with van der Waals surface area (Å²) in [7, 11) is 0. The van der Waals surface area contributed by atoms with E-state index in [2.05, 4.69) is 32.9 Å². The summed E-state index contributed by atoms with van der Waals surface area (Å²) in [5.41, 5.74) is 5.43. The lowest BCUT2D eigenvalue weighted by Crippen LogP contribution is -2.18. The Morgan fingerprint density at radius 3 is 2.57 bits per heavy atom. The third-order valence-electron chi connectivity index (χ3n) is 4.36. The first-order valence-corrected chi connectivity index (χ1v) is 7.41. The quantitative estimate of drug-likeness (QED) is 0.900. The summed E-state index contributed by atoms with van der Waals surface area (Å²) >= 11 is 0. The number of benzene rings is 2. The predicted molar refractivity (Wildman–Crippen MR) is 84.9 cm³/mol. The molecule has 0 spiro atoms. The summed E-state index contributed by atoms with van der Waals surface area (Å²) in [6.45, 7) is 9.16. The van der Waals surface area contributed by atoms with Crippen molar-refractivity contribution in [3.8, 4) is 5.75 Å². The van der Waals surface area contributed by atoms with Gasteiger partial charge in [-0.1, -0.05) is 43.7 Å². The van der Waals surface area contributed by atoms with Gasteiger partial charge in [0.2, 0.25) is 0 Å². The Labute approximate surface area is 126 Å². The van der Waals surface area contributed by atoms with Crippen LogP contribution in [0.4, 0.5) is 0 Å². The average Bonchev–Trinajstić information content (AvgIpc) is 2.74. The van der Waals surface area contributed by atoms with E-state index in [9.17, 15) is 5.11 Å². The highest BCUT2D eigenvalue weighted by molar-refractivity contribution is 5.47. The SMILES string of the molecule is Cc1ccc(C(O)c2ccc3c(c2)C(C)(C)CO3)c(C)c1. The van der Waals surface area contributed by atoms with Gasteiger partial charge in [-0.2, -0.15) is 0 Å². The van der Waals surface area contributed by atoms with Gasteiger partial charge in [-0.25, -0.2) is 0 Å². The predicted octanol–water partition coefficient (Wildman–Crippen LogP) is 4.06. The molecule has 1 aliphatic heterocycles. The minimum Gasteiger partial charge on any atom is -0.492 e. The molecule has 2 nitrogen and oxygen atoms in total. The van der Waals surface area contributed by atoms with Crippen LogP contribution in [-0.4, -0.2) is 11.7 Å². The minimum absolute atomic E-state index is 0.00733. The molecule has 0 aliphatic carbocycles. The number of rotatable bonds is 2. The van der Waals surface area contributed by atoms with Crippen molar-refractivity contribution in [1.82, 2.24) is 0 Å². The van der Waals surface area contributed by atoms with Gasteiger partial charge in [0.15, 0.2) is 0 Å². The van der Waals surface area contributed by atoms with Crippen LogP contribution in [0.1, 0.15) is 47.8 Å². The molecule has 1 aliphatic rings. The Balaban J connectivity index is 2.01. The second kappa shape index (κ2) is 4.88. The molecule has 0 radical (unpaired) electrons. The Morgan fingerprint density at radius 1 is 1.10 bits per heavy atom. The number of ether oxygens (including phenoxy) is 1. The summed E-state index contributed by atoms with van der Waals surface area (Å²) in [5, 5.41) is 10.7. The van der Waals surface area contributed by atoms with E-state index in [-0.39, 0.29) is 5.41 Å². The second-order valence-electron chi connectivity index (χ2n) is 6.69. The number of hydrogen-bond donors (Lipinski definition) is 1. The van der Waals surface area contributed by atoms with Gasteiger partial charge in [0.25, 0.3) is 0 Å². The summed E-state index contributed by atoms with van der Waals surface area (Å²) < 4.78 is 5.71. The van der Waals surface area contributed by atoms with Gasteiger partial charge in [0, 0.05) is 11.0 Å². The molecule has 2 aromatic carbocycles. The average molecular weight is 282 g/mol. The summed E-state index contributed by atoms with van der Waals surface area (Å²) in [6.07, 6.45) is -0.590. The highest BCUT2D eigenvalue weighted by atomic mass is 16.5. The highest BCUT2D eigenvalue weighted by Gasteiger charge is 2.32. The molecule has 0 bridgehead atoms. The number of fused-ring (bicyclic) bond motifs is 1. The van der Waals surface area contributed by atoms with Gasteiger partial charge < -0.3 is 9.84 Å². The lowest BCUT2D eigenvalue weighted by molar-refractivity contribution is 0.219. The van der Waals surface area contributed by atoms with E-state index >= 15 is 0 Å². The van der Waals surface area contributed by atoms with E-state index in [0.29, 0.717) is 6.61 Å². The minimum atomic E-state index is -0.590. The van der Waals surface area contributed by atoms with Gasteiger partial charge in [-0.05, 0) is 42.7 Å². The second-order valence-corrected chi connectivity index (χ2v) is 6.69. The van der Waals surface area contributed by atoms with Crippen LogP contribution < -0.4 is 4.74 Å². The molecule has 1 atom stereocenters. The van der Waals surface area contributed by atoms with E-state index in [1.54, 1.807) is 0 Å². The third kappa shape index (κ3) is 2.44. The molecule has 3 rings (SSSR count). The standard InChI is InChI=1S/C19H22O2/c1-12-5-7-15(13(2)9-12)18(20)14-6-8-17-16(10-14)19(3,4)11-21-17/h5-10,18,20H,11H2,1-4H3. The van der Waals surface area contributed by atoms with Crippen LogP contribution in [0, 0.1) is 13.8 Å². The van der Waals surface area contributed by atoms with Crippen LogP contribution >= 0.6 is 0 Å². The third-order valence-corrected chi connectivity index (χ3v) is 4.36. The maximum absolute atomic E-state index is 10.7. The van der Waals surface area contributed by atoms with Crippen molar-refractivity contribution in [2.75, 3.05) is 6.61 Å². The topological polar surface area (TPSA) is 29.5 Å². The number of aryl methyl sites for hydroxylation is 2. The Bertz CT molecular complexity index is 686. The zero-order chi connectivity index (χ0) is 15.2. The van der Waals surface area contributed by atoms with Gasteiger partial charge >= 0.3 is 0 Å². The van der Waals surface area contributed by atoms with Crippen molar-refractivity contribution in [1.29, 1.82) is 0 Å². The molecule has 0 saturated carbocycles. The molecule has 1 N–H and O–H groups in total. The molecule has 110 valence electrons. The van der Waals surface area contributed by atoms with Crippen molar-refractivity contribution >= 4 is 0 Å². The van der Waals surface area contributed by atoms with Crippen molar-refractivity contribution in [3.63, 3.8) is 0 Å². The molecular formula is C19H22O2. The van der Waals surface area contributed by atoms with E-state index in [1.165, 1.54) is 11.1 Å². The van der Waals surface area contributed by atoms with Crippen LogP contribution in [0.2, 0.25) is 0 Å². The maximum Gasteiger partial charge on any atom is 0.123 e. The zero-order valence-corrected chi connectivity index (χ0v) is 13.1. The smallest absolute Gasteiger partial charge is 0.123 e. The van der Waals surface area contributed by atoms with E-state index in [0.717, 1.165) is 22.4 Å². The molecule has 0 amide bonds. The Hall–Kier alpha value is -1.80.